The smallest absolute Gasteiger partial charge is 0.414 e. The summed E-state index contributed by atoms with van der Waals surface area (Å²) in [5.74, 6) is -4.48. The summed E-state index contributed by atoms with van der Waals surface area (Å²) < 4.78 is 34.2. The lowest BCUT2D eigenvalue weighted by molar-refractivity contribution is -0.160. The van der Waals surface area contributed by atoms with Crippen LogP contribution >= 0.6 is 0 Å². The largest absolute Gasteiger partial charge is 0.458 e. The first kappa shape index (κ1) is 56.4. The van der Waals surface area contributed by atoms with Gasteiger partial charge in [-0.05, 0) is 130 Å². The summed E-state index contributed by atoms with van der Waals surface area (Å²) in [5.41, 5.74) is -3.55. The lowest BCUT2D eigenvalue weighted by Gasteiger charge is -2.44. The molecule has 21 nitrogen and oxygen atoms in total. The third-order valence-electron chi connectivity index (χ3n) is 9.31. The lowest BCUT2D eigenvalue weighted by Crippen LogP contribution is -2.71. The highest BCUT2D eigenvalue weighted by Gasteiger charge is 2.49. The highest BCUT2D eigenvalue weighted by atomic mass is 16.8. The Morgan fingerprint density at radius 2 is 1.26 bits per heavy atom. The standard InChI is InChI=1S/C44H77N7O14/c1-23(2)30(35(56)62-40(5,6)7)48-32(53)24(3)46-34(55)31-27(47-33(54)25(4)51(31)39(59)65-43(14,15)16)19-20-28-29(61-44(17,18)60-28)21-26(52)22-45-36(49-37(57)63-41(8,9)10)50-38(58)64-42(11,12)13/h23-31,52H,19-22H2,1-18H3,(H,46,55)(H,47,54)(H,48,53)(H2,45,49,50,57,58)/t24-,25-,26-,27-,28+,29-,30-,31-/m0/s1. The molecule has 6 amide bonds. The number of rotatable bonds is 13. The van der Waals surface area contributed by atoms with Gasteiger partial charge in [0.25, 0.3) is 0 Å². The van der Waals surface area contributed by atoms with E-state index in [0.29, 0.717) is 0 Å². The van der Waals surface area contributed by atoms with Crippen LogP contribution in [0.25, 0.3) is 0 Å². The zero-order valence-electron chi connectivity index (χ0n) is 41.7. The molecular weight excluding hydrogens is 851 g/mol. The molecule has 0 aliphatic carbocycles. The summed E-state index contributed by atoms with van der Waals surface area (Å²) in [6.45, 7) is 29.4. The molecule has 0 saturated carbocycles. The number of nitrogens with one attached hydrogen (secondary N) is 5. The maximum atomic E-state index is 14.4. The van der Waals surface area contributed by atoms with Gasteiger partial charge in [-0.25, -0.2) is 24.2 Å². The topological polar surface area (TPSA) is 271 Å². The van der Waals surface area contributed by atoms with Crippen LogP contribution in [0.2, 0.25) is 0 Å². The number of hydrogen-bond acceptors (Lipinski definition) is 15. The minimum absolute atomic E-state index is 0.0426. The summed E-state index contributed by atoms with van der Waals surface area (Å²) in [7, 11) is 0. The number of ether oxygens (including phenoxy) is 6. The monoisotopic (exact) mass is 928 g/mol. The van der Waals surface area contributed by atoms with Crippen LogP contribution in [0, 0.1) is 5.92 Å². The normalized spacial score (nSPS) is 22.6. The number of nitrogens with zero attached hydrogens (tertiary/aromatic N) is 2. The minimum Gasteiger partial charge on any atom is -0.458 e. The van der Waals surface area contributed by atoms with Crippen molar-refractivity contribution in [3.8, 4) is 0 Å². The molecule has 2 aliphatic heterocycles. The number of aliphatic hydroxyl groups is 1. The average Bonchev–Trinajstić information content (AvgIpc) is 3.37. The van der Waals surface area contributed by atoms with Crippen molar-refractivity contribution < 1.29 is 67.1 Å². The summed E-state index contributed by atoms with van der Waals surface area (Å²) in [5, 5.41) is 24.1. The number of hydrogen-bond donors (Lipinski definition) is 6. The van der Waals surface area contributed by atoms with E-state index in [1.165, 1.54) is 13.8 Å². The second kappa shape index (κ2) is 22.2. The Bertz CT molecular complexity index is 1710. The summed E-state index contributed by atoms with van der Waals surface area (Å²) in [4.78, 5) is 98.5. The van der Waals surface area contributed by atoms with E-state index < -0.39 is 119 Å². The van der Waals surface area contributed by atoms with Crippen molar-refractivity contribution in [2.75, 3.05) is 6.54 Å². The van der Waals surface area contributed by atoms with Crippen molar-refractivity contribution in [1.29, 1.82) is 0 Å². The van der Waals surface area contributed by atoms with E-state index in [-0.39, 0.29) is 37.7 Å². The zero-order chi connectivity index (χ0) is 50.2. The Hall–Kier alpha value is -4.76. The number of alkyl carbamates (subject to hydrolysis) is 2. The molecule has 0 bridgehead atoms. The fourth-order valence-corrected chi connectivity index (χ4v) is 6.72. The molecule has 0 unspecified atom stereocenters. The van der Waals surface area contributed by atoms with Gasteiger partial charge in [0.05, 0.1) is 30.9 Å². The highest BCUT2D eigenvalue weighted by molar-refractivity contribution is 6.01. The lowest BCUT2D eigenvalue weighted by atomic mass is 9.92. The fourth-order valence-electron chi connectivity index (χ4n) is 6.72. The Morgan fingerprint density at radius 1 is 0.769 bits per heavy atom. The van der Waals surface area contributed by atoms with Gasteiger partial charge in [0.15, 0.2) is 5.79 Å². The van der Waals surface area contributed by atoms with Crippen LogP contribution in [0.1, 0.15) is 144 Å². The number of piperazine rings is 1. The number of carbonyl (C=O) groups excluding carboxylic acids is 7. The number of amides is 6. The van der Waals surface area contributed by atoms with Crippen LogP contribution in [-0.4, -0.2) is 141 Å². The van der Waals surface area contributed by atoms with Gasteiger partial charge in [0.1, 0.15) is 46.6 Å². The number of aliphatic hydroxyl groups excluding tert-OH is 1. The van der Waals surface area contributed by atoms with E-state index in [4.69, 9.17) is 28.4 Å². The van der Waals surface area contributed by atoms with Gasteiger partial charge >= 0.3 is 24.2 Å². The molecule has 0 radical (unpaired) electrons. The minimum atomic E-state index is -1.39. The molecule has 0 spiro atoms. The van der Waals surface area contributed by atoms with Crippen molar-refractivity contribution >= 4 is 47.9 Å². The van der Waals surface area contributed by atoms with Crippen molar-refractivity contribution in [1.82, 2.24) is 31.5 Å². The molecule has 0 aromatic rings. The van der Waals surface area contributed by atoms with Gasteiger partial charge < -0.3 is 49.5 Å². The van der Waals surface area contributed by atoms with Crippen LogP contribution < -0.4 is 26.6 Å². The number of guanidine groups is 1. The maximum absolute atomic E-state index is 14.4. The zero-order valence-corrected chi connectivity index (χ0v) is 41.7. The highest BCUT2D eigenvalue weighted by Crippen LogP contribution is 2.34. The molecule has 2 saturated heterocycles. The Kier molecular flexibility index (Phi) is 19.2. The fraction of sp³-hybridized carbons (Fsp3) is 0.818. The quantitative estimate of drug-likeness (QED) is 0.0662. The van der Waals surface area contributed by atoms with Gasteiger partial charge in [0, 0.05) is 6.42 Å². The van der Waals surface area contributed by atoms with E-state index in [1.807, 2.05) is 0 Å². The SMILES string of the molecule is CC(C)[C@H](NC(=O)[C@H](C)NC(=O)[C@@H]1[C@H](CC[C@H]2OC(C)(C)O[C@H]2C[C@H](O)CN=C(NC(=O)OC(C)(C)C)NC(=O)OC(C)(C)C)NC(=O)[C@H](C)N1C(=O)OC(C)(C)C)C(=O)OC(C)(C)C. The van der Waals surface area contributed by atoms with Gasteiger partial charge in [-0.15, -0.1) is 0 Å². The van der Waals surface area contributed by atoms with Crippen molar-refractivity contribution in [2.45, 2.75) is 221 Å². The number of esters is 1. The Labute approximate surface area is 383 Å². The van der Waals surface area contributed by atoms with Crippen LogP contribution in [0.5, 0.6) is 0 Å². The van der Waals surface area contributed by atoms with Gasteiger partial charge in [-0.3, -0.25) is 29.9 Å². The molecule has 8 atom stereocenters. The summed E-state index contributed by atoms with van der Waals surface area (Å²) in [6.07, 6.45) is -5.29. The van der Waals surface area contributed by atoms with Crippen LogP contribution in [0.3, 0.4) is 0 Å². The van der Waals surface area contributed by atoms with Gasteiger partial charge in [-0.2, -0.15) is 0 Å². The van der Waals surface area contributed by atoms with E-state index >= 15 is 0 Å². The molecule has 0 aromatic carbocycles. The van der Waals surface area contributed by atoms with Crippen molar-refractivity contribution in [2.24, 2.45) is 10.9 Å². The number of aliphatic imine (C=N–C) groups is 1. The molecule has 6 N–H and O–H groups in total. The third kappa shape index (κ3) is 19.7. The first-order chi connectivity index (χ1) is 29.4. The van der Waals surface area contributed by atoms with Gasteiger partial charge in [0.2, 0.25) is 23.7 Å². The van der Waals surface area contributed by atoms with E-state index in [2.05, 4.69) is 31.6 Å². The molecule has 65 heavy (non-hydrogen) atoms. The van der Waals surface area contributed by atoms with E-state index in [0.717, 1.165) is 4.90 Å². The third-order valence-corrected chi connectivity index (χ3v) is 9.31. The molecule has 372 valence electrons. The molecule has 2 fully saturated rings. The maximum Gasteiger partial charge on any atom is 0.414 e. The van der Waals surface area contributed by atoms with Gasteiger partial charge in [-0.1, -0.05) is 13.8 Å². The second-order valence-electron chi connectivity index (χ2n) is 21.2. The van der Waals surface area contributed by atoms with E-state index in [1.54, 1.807) is 111 Å². The van der Waals surface area contributed by atoms with Crippen LogP contribution in [0.4, 0.5) is 14.4 Å². The molecular formula is C44H77N7O14. The predicted molar refractivity (Wildman–Crippen MR) is 238 cm³/mol. The van der Waals surface area contributed by atoms with Crippen LogP contribution in [0.15, 0.2) is 4.99 Å². The molecule has 21 heteroatoms. The van der Waals surface area contributed by atoms with Crippen molar-refractivity contribution in [3.05, 3.63) is 0 Å². The summed E-state index contributed by atoms with van der Waals surface area (Å²) in [6, 6.07) is -5.81. The first-order valence-electron chi connectivity index (χ1n) is 22.1. The molecule has 2 heterocycles. The average molecular weight is 928 g/mol. The Balaban J connectivity index is 2.39. The molecule has 2 aliphatic rings. The van der Waals surface area contributed by atoms with Crippen molar-refractivity contribution in [3.63, 3.8) is 0 Å². The first-order valence-corrected chi connectivity index (χ1v) is 22.1. The number of carbonyl (C=O) groups is 7. The summed E-state index contributed by atoms with van der Waals surface area (Å²) >= 11 is 0. The van der Waals surface area contributed by atoms with E-state index in [9.17, 15) is 38.7 Å². The van der Waals surface area contributed by atoms with Crippen LogP contribution in [-0.2, 0) is 47.6 Å². The second-order valence-corrected chi connectivity index (χ2v) is 21.2. The molecule has 2 rings (SSSR count). The predicted octanol–water partition coefficient (Wildman–Crippen LogP) is 3.92. The molecule has 0 aromatic heterocycles. The Morgan fingerprint density at radius 3 is 1.74 bits per heavy atom.